The van der Waals surface area contributed by atoms with Crippen LogP contribution in [0.5, 0.6) is 0 Å². The minimum atomic E-state index is 0.435. The molecule has 2 rings (SSSR count). The molecule has 1 saturated heterocycles. The molecule has 0 amide bonds. The highest BCUT2D eigenvalue weighted by Crippen LogP contribution is 2.32. The Morgan fingerprint density at radius 2 is 2.33 bits per heavy atom. The Morgan fingerprint density at radius 3 is 2.94 bits per heavy atom. The lowest BCUT2D eigenvalue weighted by Gasteiger charge is -2.37. The Balaban J connectivity index is 2.09. The molecule has 0 bridgehead atoms. The lowest BCUT2D eigenvalue weighted by atomic mass is 9.78. The molecule has 0 aromatic carbocycles. The predicted molar refractivity (Wildman–Crippen MR) is 75.6 cm³/mol. The van der Waals surface area contributed by atoms with Gasteiger partial charge in [-0.1, -0.05) is 20.8 Å². The second-order valence-corrected chi connectivity index (χ2v) is 6.24. The molecule has 1 aliphatic rings. The normalized spacial score (nSPS) is 24.7. The van der Waals surface area contributed by atoms with Gasteiger partial charge in [0.25, 0.3) is 0 Å². The van der Waals surface area contributed by atoms with Gasteiger partial charge in [-0.25, -0.2) is 4.98 Å². The summed E-state index contributed by atoms with van der Waals surface area (Å²) in [4.78, 5) is 4.35. The molecule has 3 heteroatoms. The molecule has 1 aliphatic heterocycles. The lowest BCUT2D eigenvalue weighted by molar-refractivity contribution is 0.166. The van der Waals surface area contributed by atoms with Gasteiger partial charge in [0.05, 0.1) is 6.33 Å². The van der Waals surface area contributed by atoms with Crippen LogP contribution < -0.4 is 5.32 Å². The summed E-state index contributed by atoms with van der Waals surface area (Å²) >= 11 is 0. The SMILES string of the molecule is CCC1(Cn2cncc2CC(C)C)CCCNC1. The smallest absolute Gasteiger partial charge is 0.0948 e. The van der Waals surface area contributed by atoms with Gasteiger partial charge in [0.1, 0.15) is 0 Å². The van der Waals surface area contributed by atoms with Crippen LogP contribution in [0.3, 0.4) is 0 Å². The van der Waals surface area contributed by atoms with E-state index in [0.717, 1.165) is 19.5 Å². The van der Waals surface area contributed by atoms with Gasteiger partial charge in [-0.3, -0.25) is 0 Å². The van der Waals surface area contributed by atoms with E-state index in [1.54, 1.807) is 0 Å². The third-order valence-corrected chi connectivity index (χ3v) is 4.23. The first-order chi connectivity index (χ1) is 8.65. The van der Waals surface area contributed by atoms with Gasteiger partial charge in [0.2, 0.25) is 0 Å². The molecule has 0 radical (unpaired) electrons. The second-order valence-electron chi connectivity index (χ2n) is 6.24. The van der Waals surface area contributed by atoms with Crippen molar-refractivity contribution in [3.63, 3.8) is 0 Å². The van der Waals surface area contributed by atoms with Crippen molar-refractivity contribution in [2.24, 2.45) is 11.3 Å². The number of hydrogen-bond donors (Lipinski definition) is 1. The first-order valence-corrected chi connectivity index (χ1v) is 7.35. The molecule has 18 heavy (non-hydrogen) atoms. The molecular weight excluding hydrogens is 222 g/mol. The van der Waals surface area contributed by atoms with Gasteiger partial charge < -0.3 is 9.88 Å². The molecule has 0 aliphatic carbocycles. The maximum atomic E-state index is 4.35. The van der Waals surface area contributed by atoms with Crippen LogP contribution in [-0.4, -0.2) is 22.6 Å². The fourth-order valence-corrected chi connectivity index (χ4v) is 3.02. The first-order valence-electron chi connectivity index (χ1n) is 7.35. The Bertz CT molecular complexity index is 362. The number of hydrogen-bond acceptors (Lipinski definition) is 2. The summed E-state index contributed by atoms with van der Waals surface area (Å²) in [5.41, 5.74) is 1.83. The Labute approximate surface area is 111 Å². The average Bonchev–Trinajstić information content (AvgIpc) is 2.77. The number of rotatable bonds is 5. The second kappa shape index (κ2) is 5.87. The average molecular weight is 249 g/mol. The molecule has 1 atom stereocenters. The van der Waals surface area contributed by atoms with Crippen molar-refractivity contribution in [2.75, 3.05) is 13.1 Å². The minimum absolute atomic E-state index is 0.435. The van der Waals surface area contributed by atoms with E-state index in [9.17, 15) is 0 Å². The highest BCUT2D eigenvalue weighted by molar-refractivity contribution is 5.01. The van der Waals surface area contributed by atoms with Crippen LogP contribution in [0.1, 0.15) is 45.7 Å². The number of nitrogens with zero attached hydrogens (tertiary/aromatic N) is 2. The number of piperidine rings is 1. The van der Waals surface area contributed by atoms with Gasteiger partial charge in [-0.15, -0.1) is 0 Å². The molecule has 3 nitrogen and oxygen atoms in total. The molecular formula is C15H27N3. The summed E-state index contributed by atoms with van der Waals surface area (Å²) in [6.45, 7) is 10.3. The zero-order valence-corrected chi connectivity index (χ0v) is 12.1. The van der Waals surface area contributed by atoms with E-state index >= 15 is 0 Å². The van der Waals surface area contributed by atoms with Gasteiger partial charge in [-0.05, 0) is 38.1 Å². The van der Waals surface area contributed by atoms with Crippen molar-refractivity contribution in [1.29, 1.82) is 0 Å². The van der Waals surface area contributed by atoms with Crippen LogP contribution in [0.15, 0.2) is 12.5 Å². The molecule has 0 spiro atoms. The van der Waals surface area contributed by atoms with E-state index in [2.05, 4.69) is 35.6 Å². The van der Waals surface area contributed by atoms with Crippen LogP contribution in [-0.2, 0) is 13.0 Å². The standard InChI is InChI=1S/C15H27N3/c1-4-15(6-5-7-16-10-15)11-18-12-17-9-14(18)8-13(2)3/h9,12-13,16H,4-8,10-11H2,1-3H3. The van der Waals surface area contributed by atoms with Crippen molar-refractivity contribution < 1.29 is 0 Å². The largest absolute Gasteiger partial charge is 0.334 e. The van der Waals surface area contributed by atoms with E-state index in [1.807, 2.05) is 12.5 Å². The van der Waals surface area contributed by atoms with Crippen LogP contribution in [0.25, 0.3) is 0 Å². The van der Waals surface area contributed by atoms with E-state index in [0.29, 0.717) is 11.3 Å². The fourth-order valence-electron chi connectivity index (χ4n) is 3.02. The molecule has 102 valence electrons. The molecule has 1 fully saturated rings. The topological polar surface area (TPSA) is 29.9 Å². The van der Waals surface area contributed by atoms with Crippen molar-refractivity contribution in [2.45, 2.75) is 53.0 Å². The highest BCUT2D eigenvalue weighted by atomic mass is 15.1. The Kier molecular flexibility index (Phi) is 4.44. The van der Waals surface area contributed by atoms with Crippen LogP contribution in [0, 0.1) is 11.3 Å². The van der Waals surface area contributed by atoms with Gasteiger partial charge in [0, 0.05) is 30.4 Å². The molecule has 0 saturated carbocycles. The summed E-state index contributed by atoms with van der Waals surface area (Å²) in [5, 5.41) is 3.57. The monoisotopic (exact) mass is 249 g/mol. The van der Waals surface area contributed by atoms with E-state index < -0.39 is 0 Å². The van der Waals surface area contributed by atoms with Crippen molar-refractivity contribution in [3.05, 3.63) is 18.2 Å². The number of aromatic nitrogens is 2. The molecule has 1 aromatic heterocycles. The third kappa shape index (κ3) is 3.14. The van der Waals surface area contributed by atoms with Crippen molar-refractivity contribution in [3.8, 4) is 0 Å². The summed E-state index contributed by atoms with van der Waals surface area (Å²) in [6, 6.07) is 0. The first kappa shape index (κ1) is 13.6. The summed E-state index contributed by atoms with van der Waals surface area (Å²) in [6.07, 6.45) is 9.09. The van der Waals surface area contributed by atoms with Crippen molar-refractivity contribution in [1.82, 2.24) is 14.9 Å². The van der Waals surface area contributed by atoms with Crippen LogP contribution in [0.4, 0.5) is 0 Å². The number of imidazole rings is 1. The van der Waals surface area contributed by atoms with Crippen molar-refractivity contribution >= 4 is 0 Å². The summed E-state index contributed by atoms with van der Waals surface area (Å²) < 4.78 is 2.39. The maximum absolute atomic E-state index is 4.35. The predicted octanol–water partition coefficient (Wildman–Crippen LogP) is 2.86. The quantitative estimate of drug-likeness (QED) is 0.869. The zero-order chi connectivity index (χ0) is 13.0. The molecule has 1 aromatic rings. The third-order valence-electron chi connectivity index (χ3n) is 4.23. The summed E-state index contributed by atoms with van der Waals surface area (Å²) in [5.74, 6) is 0.697. The molecule has 1 unspecified atom stereocenters. The van der Waals surface area contributed by atoms with E-state index in [4.69, 9.17) is 0 Å². The molecule has 1 N–H and O–H groups in total. The van der Waals surface area contributed by atoms with E-state index in [1.165, 1.54) is 31.5 Å². The Morgan fingerprint density at radius 1 is 1.50 bits per heavy atom. The van der Waals surface area contributed by atoms with E-state index in [-0.39, 0.29) is 0 Å². The Hall–Kier alpha value is -0.830. The lowest BCUT2D eigenvalue weighted by Crippen LogP contribution is -2.42. The van der Waals surface area contributed by atoms with Crippen LogP contribution >= 0.6 is 0 Å². The van der Waals surface area contributed by atoms with Crippen LogP contribution in [0.2, 0.25) is 0 Å². The minimum Gasteiger partial charge on any atom is -0.334 e. The van der Waals surface area contributed by atoms with Gasteiger partial charge in [-0.2, -0.15) is 0 Å². The fraction of sp³-hybridized carbons (Fsp3) is 0.800. The zero-order valence-electron chi connectivity index (χ0n) is 12.1. The molecule has 2 heterocycles. The van der Waals surface area contributed by atoms with Gasteiger partial charge >= 0.3 is 0 Å². The summed E-state index contributed by atoms with van der Waals surface area (Å²) in [7, 11) is 0. The van der Waals surface area contributed by atoms with Gasteiger partial charge in [0.15, 0.2) is 0 Å². The number of nitrogens with one attached hydrogen (secondary N) is 1. The maximum Gasteiger partial charge on any atom is 0.0948 e. The highest BCUT2D eigenvalue weighted by Gasteiger charge is 2.31.